The first-order chi connectivity index (χ1) is 17.1. The zero-order chi connectivity index (χ0) is 24.6. The van der Waals surface area contributed by atoms with Crippen LogP contribution >= 0.6 is 11.8 Å². The molecule has 35 heavy (non-hydrogen) atoms. The Hall–Kier alpha value is -3.16. The van der Waals surface area contributed by atoms with E-state index in [4.69, 9.17) is 9.47 Å². The number of ether oxygens (including phenoxy) is 2. The van der Waals surface area contributed by atoms with Crippen LogP contribution in [0.2, 0.25) is 0 Å². The summed E-state index contributed by atoms with van der Waals surface area (Å²) >= 11 is 1.67. The number of rotatable bonds is 9. The Kier molecular flexibility index (Phi) is 8.55. The van der Waals surface area contributed by atoms with E-state index >= 15 is 0 Å². The SMILES string of the molecule is COc1ccc(CN2CCN(c3cccc(CNC(=O)c4ccc(SC)cc4)c3)CC2)cc1OC. The fraction of sp³-hybridized carbons (Fsp3) is 0.321. The minimum Gasteiger partial charge on any atom is -0.493 e. The third-order valence-corrected chi connectivity index (χ3v) is 7.05. The predicted octanol–water partition coefficient (Wildman–Crippen LogP) is 4.68. The van der Waals surface area contributed by atoms with Crippen LogP contribution in [0.25, 0.3) is 0 Å². The third-order valence-electron chi connectivity index (χ3n) is 6.31. The fourth-order valence-electron chi connectivity index (χ4n) is 4.29. The number of nitrogens with zero attached hydrogens (tertiary/aromatic N) is 2. The Morgan fingerprint density at radius 1 is 0.886 bits per heavy atom. The number of methoxy groups -OCH3 is 2. The number of anilines is 1. The van der Waals surface area contributed by atoms with E-state index in [-0.39, 0.29) is 5.91 Å². The number of amides is 1. The summed E-state index contributed by atoms with van der Waals surface area (Å²) in [5.74, 6) is 1.47. The molecule has 3 aromatic rings. The van der Waals surface area contributed by atoms with Gasteiger partial charge in [-0.25, -0.2) is 0 Å². The van der Waals surface area contributed by atoms with Crippen LogP contribution in [0.4, 0.5) is 5.69 Å². The van der Waals surface area contributed by atoms with Crippen molar-refractivity contribution in [3.8, 4) is 11.5 Å². The number of hydrogen-bond donors (Lipinski definition) is 1. The number of nitrogens with one attached hydrogen (secondary N) is 1. The van der Waals surface area contributed by atoms with Crippen LogP contribution in [0.15, 0.2) is 71.6 Å². The molecule has 0 spiro atoms. The fourth-order valence-corrected chi connectivity index (χ4v) is 4.70. The van der Waals surface area contributed by atoms with Crippen molar-refractivity contribution in [2.45, 2.75) is 18.0 Å². The van der Waals surface area contributed by atoms with Gasteiger partial charge in [0, 0.05) is 55.4 Å². The molecule has 7 heteroatoms. The summed E-state index contributed by atoms with van der Waals surface area (Å²) < 4.78 is 10.8. The van der Waals surface area contributed by atoms with Crippen LogP contribution in [0.5, 0.6) is 11.5 Å². The standard InChI is InChI=1S/C28H33N3O3S/c1-33-26-12-7-22(18-27(26)34-2)20-30-13-15-31(16-14-30)24-6-4-5-21(17-24)19-29-28(32)23-8-10-25(35-3)11-9-23/h4-12,17-18H,13-16,19-20H2,1-3H3,(H,29,32). The molecule has 0 unspecified atom stereocenters. The monoisotopic (exact) mass is 491 g/mol. The molecule has 1 saturated heterocycles. The van der Waals surface area contributed by atoms with Gasteiger partial charge in [-0.2, -0.15) is 0 Å². The predicted molar refractivity (Wildman–Crippen MR) is 143 cm³/mol. The summed E-state index contributed by atoms with van der Waals surface area (Å²) in [5, 5.41) is 3.04. The summed E-state index contributed by atoms with van der Waals surface area (Å²) in [6.07, 6.45) is 2.03. The Balaban J connectivity index is 1.29. The maximum atomic E-state index is 12.5. The topological polar surface area (TPSA) is 54.0 Å². The molecular formula is C28H33N3O3S. The van der Waals surface area contributed by atoms with Gasteiger partial charge in [0.15, 0.2) is 11.5 Å². The molecule has 0 saturated carbocycles. The second-order valence-corrected chi connectivity index (χ2v) is 9.41. The van der Waals surface area contributed by atoms with E-state index in [9.17, 15) is 4.79 Å². The van der Waals surface area contributed by atoms with Gasteiger partial charge in [-0.05, 0) is 65.9 Å². The van der Waals surface area contributed by atoms with Gasteiger partial charge in [0.25, 0.3) is 5.91 Å². The van der Waals surface area contributed by atoms with Crippen LogP contribution < -0.4 is 19.7 Å². The zero-order valence-electron chi connectivity index (χ0n) is 20.6. The quantitative estimate of drug-likeness (QED) is 0.439. The molecular weight excluding hydrogens is 458 g/mol. The van der Waals surface area contributed by atoms with E-state index in [1.807, 2.05) is 36.6 Å². The highest BCUT2D eigenvalue weighted by Gasteiger charge is 2.18. The highest BCUT2D eigenvalue weighted by Crippen LogP contribution is 2.28. The Morgan fingerprint density at radius 3 is 2.31 bits per heavy atom. The molecule has 1 aliphatic rings. The van der Waals surface area contributed by atoms with Gasteiger partial charge in [-0.15, -0.1) is 11.8 Å². The molecule has 0 atom stereocenters. The van der Waals surface area contributed by atoms with E-state index < -0.39 is 0 Å². The van der Waals surface area contributed by atoms with Gasteiger partial charge < -0.3 is 19.7 Å². The van der Waals surface area contributed by atoms with Crippen molar-refractivity contribution in [3.05, 3.63) is 83.4 Å². The van der Waals surface area contributed by atoms with Crippen LogP contribution in [0.1, 0.15) is 21.5 Å². The van der Waals surface area contributed by atoms with Crippen LogP contribution in [-0.4, -0.2) is 57.5 Å². The molecule has 6 nitrogen and oxygen atoms in total. The molecule has 1 amide bonds. The number of thioether (sulfide) groups is 1. The lowest BCUT2D eigenvalue weighted by atomic mass is 10.1. The van der Waals surface area contributed by atoms with E-state index in [1.54, 1.807) is 26.0 Å². The van der Waals surface area contributed by atoms with Crippen LogP contribution in [0.3, 0.4) is 0 Å². The Bertz CT molecular complexity index is 1130. The first-order valence-corrected chi connectivity index (χ1v) is 13.0. The summed E-state index contributed by atoms with van der Waals surface area (Å²) in [6, 6.07) is 22.3. The zero-order valence-corrected chi connectivity index (χ0v) is 21.4. The number of carbonyl (C=O) groups excluding carboxylic acids is 1. The molecule has 3 aromatic carbocycles. The Morgan fingerprint density at radius 2 is 1.63 bits per heavy atom. The van der Waals surface area contributed by atoms with E-state index in [1.165, 1.54) is 11.3 Å². The summed E-state index contributed by atoms with van der Waals surface area (Å²) in [7, 11) is 3.33. The van der Waals surface area contributed by atoms with Gasteiger partial charge in [-0.3, -0.25) is 9.69 Å². The summed E-state index contributed by atoms with van der Waals surface area (Å²) in [4.78, 5) is 18.5. The van der Waals surface area contributed by atoms with Crippen LogP contribution in [-0.2, 0) is 13.1 Å². The molecule has 184 valence electrons. The second kappa shape index (κ2) is 12.0. The minimum absolute atomic E-state index is 0.0492. The largest absolute Gasteiger partial charge is 0.493 e. The molecule has 0 bridgehead atoms. The highest BCUT2D eigenvalue weighted by molar-refractivity contribution is 7.98. The van der Waals surface area contributed by atoms with Crippen molar-refractivity contribution in [3.63, 3.8) is 0 Å². The first kappa shape index (κ1) is 24.9. The number of benzene rings is 3. The molecule has 0 aliphatic carbocycles. The lowest BCUT2D eigenvalue weighted by molar-refractivity contribution is 0.0951. The average Bonchev–Trinajstić information content (AvgIpc) is 2.92. The van der Waals surface area contributed by atoms with Gasteiger partial charge in [0.05, 0.1) is 14.2 Å². The minimum atomic E-state index is -0.0492. The molecule has 1 N–H and O–H groups in total. The molecule has 4 rings (SSSR count). The average molecular weight is 492 g/mol. The second-order valence-electron chi connectivity index (χ2n) is 8.53. The van der Waals surface area contributed by atoms with Gasteiger partial charge in [0.1, 0.15) is 0 Å². The van der Waals surface area contributed by atoms with Gasteiger partial charge in [0.2, 0.25) is 0 Å². The van der Waals surface area contributed by atoms with Crippen molar-refractivity contribution in [1.29, 1.82) is 0 Å². The Labute approximate surface area is 212 Å². The molecule has 1 aliphatic heterocycles. The highest BCUT2D eigenvalue weighted by atomic mass is 32.2. The lowest BCUT2D eigenvalue weighted by Gasteiger charge is -2.36. The smallest absolute Gasteiger partial charge is 0.251 e. The van der Waals surface area contributed by atoms with Crippen molar-refractivity contribution in [2.24, 2.45) is 0 Å². The van der Waals surface area contributed by atoms with Gasteiger partial charge in [-0.1, -0.05) is 18.2 Å². The first-order valence-electron chi connectivity index (χ1n) is 11.8. The summed E-state index contributed by atoms with van der Waals surface area (Å²) in [5.41, 5.74) is 4.21. The number of hydrogen-bond acceptors (Lipinski definition) is 6. The van der Waals surface area contributed by atoms with Crippen molar-refractivity contribution >= 4 is 23.4 Å². The number of piperazine rings is 1. The van der Waals surface area contributed by atoms with Crippen molar-refractivity contribution < 1.29 is 14.3 Å². The normalized spacial score (nSPS) is 14.0. The van der Waals surface area contributed by atoms with Crippen LogP contribution in [0, 0.1) is 0 Å². The maximum Gasteiger partial charge on any atom is 0.251 e. The summed E-state index contributed by atoms with van der Waals surface area (Å²) in [6.45, 7) is 5.30. The maximum absolute atomic E-state index is 12.5. The lowest BCUT2D eigenvalue weighted by Crippen LogP contribution is -2.46. The molecule has 0 radical (unpaired) electrons. The molecule has 1 heterocycles. The molecule has 0 aromatic heterocycles. The van der Waals surface area contributed by atoms with Crippen molar-refractivity contribution in [1.82, 2.24) is 10.2 Å². The van der Waals surface area contributed by atoms with E-state index in [0.717, 1.165) is 54.7 Å². The third kappa shape index (κ3) is 6.50. The van der Waals surface area contributed by atoms with E-state index in [0.29, 0.717) is 12.1 Å². The molecule has 1 fully saturated rings. The van der Waals surface area contributed by atoms with Crippen molar-refractivity contribution in [2.75, 3.05) is 51.6 Å². The number of carbonyl (C=O) groups is 1. The van der Waals surface area contributed by atoms with Gasteiger partial charge >= 0.3 is 0 Å². The van der Waals surface area contributed by atoms with E-state index in [2.05, 4.69) is 51.5 Å².